The maximum atomic E-state index is 12.6. The number of anilines is 2. The van der Waals surface area contributed by atoms with Crippen LogP contribution in [-0.2, 0) is 4.79 Å². The number of thiophene rings is 1. The average molecular weight is 474 g/mol. The van der Waals surface area contributed by atoms with E-state index in [9.17, 15) is 4.79 Å². The zero-order valence-electron chi connectivity index (χ0n) is 14.5. The molecule has 1 N–H and O–H groups in total. The largest absolute Gasteiger partial charge is 0.357 e. The van der Waals surface area contributed by atoms with E-state index in [0.717, 1.165) is 43.0 Å². The maximum Gasteiger partial charge on any atom is 0.229 e. The number of halogens is 3. The van der Waals surface area contributed by atoms with Gasteiger partial charge in [0.25, 0.3) is 0 Å². The van der Waals surface area contributed by atoms with Gasteiger partial charge in [0.2, 0.25) is 5.91 Å². The molecule has 0 atom stereocenters. The summed E-state index contributed by atoms with van der Waals surface area (Å²) in [7, 11) is 0. The SMILES string of the molecule is O=C(Nc1nc(-c2cc(Cl)sc2Cl)cs1)C1CCN(c2ccc(Cl)cn2)CC1. The van der Waals surface area contributed by atoms with Crippen molar-refractivity contribution in [2.45, 2.75) is 12.8 Å². The smallest absolute Gasteiger partial charge is 0.229 e. The van der Waals surface area contributed by atoms with E-state index < -0.39 is 0 Å². The Hall–Kier alpha value is -1.38. The van der Waals surface area contributed by atoms with Crippen molar-refractivity contribution in [3.63, 3.8) is 0 Å². The zero-order chi connectivity index (χ0) is 19.7. The molecule has 0 aromatic carbocycles. The number of piperidine rings is 1. The molecule has 0 saturated carbocycles. The molecule has 10 heteroatoms. The Labute approximate surface area is 185 Å². The van der Waals surface area contributed by atoms with Crippen LogP contribution in [-0.4, -0.2) is 29.0 Å². The van der Waals surface area contributed by atoms with Crippen molar-refractivity contribution in [1.29, 1.82) is 0 Å². The number of pyridine rings is 1. The number of carbonyl (C=O) groups excluding carboxylic acids is 1. The van der Waals surface area contributed by atoms with Crippen LogP contribution < -0.4 is 10.2 Å². The van der Waals surface area contributed by atoms with Crippen molar-refractivity contribution in [2.75, 3.05) is 23.3 Å². The van der Waals surface area contributed by atoms with Gasteiger partial charge in [-0.2, -0.15) is 0 Å². The molecule has 28 heavy (non-hydrogen) atoms. The summed E-state index contributed by atoms with van der Waals surface area (Å²) in [4.78, 5) is 23.6. The number of nitrogens with zero attached hydrogens (tertiary/aromatic N) is 3. The van der Waals surface area contributed by atoms with Crippen LogP contribution in [0, 0.1) is 5.92 Å². The second-order valence-corrected chi connectivity index (χ2v) is 9.94. The van der Waals surface area contributed by atoms with Gasteiger partial charge < -0.3 is 10.2 Å². The molecule has 4 heterocycles. The topological polar surface area (TPSA) is 58.1 Å². The van der Waals surface area contributed by atoms with E-state index in [1.807, 2.05) is 17.5 Å². The Bertz CT molecular complexity index is 981. The molecule has 0 bridgehead atoms. The highest BCUT2D eigenvalue weighted by atomic mass is 35.5. The quantitative estimate of drug-likeness (QED) is 0.499. The van der Waals surface area contributed by atoms with E-state index in [-0.39, 0.29) is 11.8 Å². The molecular weight excluding hydrogens is 459 g/mol. The molecule has 1 fully saturated rings. The lowest BCUT2D eigenvalue weighted by Crippen LogP contribution is -2.38. The van der Waals surface area contributed by atoms with Gasteiger partial charge in [0.15, 0.2) is 5.13 Å². The van der Waals surface area contributed by atoms with E-state index in [4.69, 9.17) is 34.8 Å². The molecule has 1 saturated heterocycles. The lowest BCUT2D eigenvalue weighted by atomic mass is 9.96. The summed E-state index contributed by atoms with van der Waals surface area (Å²) in [5.74, 6) is 0.841. The minimum Gasteiger partial charge on any atom is -0.357 e. The lowest BCUT2D eigenvalue weighted by molar-refractivity contribution is -0.120. The van der Waals surface area contributed by atoms with Crippen molar-refractivity contribution in [1.82, 2.24) is 9.97 Å². The number of thiazole rings is 1. The predicted octanol–water partition coefficient (Wildman–Crippen LogP) is 6.08. The number of aromatic nitrogens is 2. The fourth-order valence-electron chi connectivity index (χ4n) is 3.10. The first-order valence-electron chi connectivity index (χ1n) is 8.57. The summed E-state index contributed by atoms with van der Waals surface area (Å²) < 4.78 is 1.21. The van der Waals surface area contributed by atoms with Gasteiger partial charge in [-0.05, 0) is 31.0 Å². The van der Waals surface area contributed by atoms with Crippen LogP contribution in [0.1, 0.15) is 12.8 Å². The Morgan fingerprint density at radius 2 is 2.00 bits per heavy atom. The Kier molecular flexibility index (Phi) is 6.08. The molecule has 146 valence electrons. The van der Waals surface area contributed by atoms with Crippen molar-refractivity contribution in [3.8, 4) is 11.3 Å². The first-order valence-corrected chi connectivity index (χ1v) is 11.4. The van der Waals surface area contributed by atoms with Crippen molar-refractivity contribution in [2.24, 2.45) is 5.92 Å². The minimum atomic E-state index is -0.0462. The summed E-state index contributed by atoms with van der Waals surface area (Å²) in [5.41, 5.74) is 1.51. The van der Waals surface area contributed by atoms with Gasteiger partial charge in [0, 0.05) is 36.1 Å². The third-order valence-corrected chi connectivity index (χ3v) is 7.04. The van der Waals surface area contributed by atoms with Gasteiger partial charge in [-0.25, -0.2) is 9.97 Å². The van der Waals surface area contributed by atoms with Crippen molar-refractivity contribution < 1.29 is 4.79 Å². The summed E-state index contributed by atoms with van der Waals surface area (Å²) in [6, 6.07) is 5.52. The number of hydrogen-bond donors (Lipinski definition) is 1. The van der Waals surface area contributed by atoms with Crippen molar-refractivity contribution in [3.05, 3.63) is 43.5 Å². The molecule has 0 unspecified atom stereocenters. The fraction of sp³-hybridized carbons (Fsp3) is 0.278. The van der Waals surface area contributed by atoms with E-state index >= 15 is 0 Å². The maximum absolute atomic E-state index is 12.6. The molecule has 0 spiro atoms. The van der Waals surface area contributed by atoms with Crippen molar-refractivity contribution >= 4 is 74.3 Å². The highest BCUT2D eigenvalue weighted by Gasteiger charge is 2.26. The average Bonchev–Trinajstić information content (AvgIpc) is 3.28. The first-order chi connectivity index (χ1) is 13.5. The lowest BCUT2D eigenvalue weighted by Gasteiger charge is -2.31. The predicted molar refractivity (Wildman–Crippen MR) is 118 cm³/mol. The number of nitrogens with one attached hydrogen (secondary N) is 1. The van der Waals surface area contributed by atoms with Crippen LogP contribution in [0.2, 0.25) is 13.7 Å². The highest BCUT2D eigenvalue weighted by molar-refractivity contribution is 7.20. The minimum absolute atomic E-state index is 0.000867. The monoisotopic (exact) mass is 472 g/mol. The van der Waals surface area contributed by atoms with Crippen LogP contribution in [0.4, 0.5) is 10.9 Å². The zero-order valence-corrected chi connectivity index (χ0v) is 18.4. The first kappa shape index (κ1) is 19.9. The number of amides is 1. The second-order valence-electron chi connectivity index (χ2n) is 6.36. The molecule has 4 rings (SSSR count). The fourth-order valence-corrected chi connectivity index (χ4v) is 5.41. The molecule has 1 amide bonds. The van der Waals surface area contributed by atoms with Gasteiger partial charge in [0.05, 0.1) is 15.1 Å². The Morgan fingerprint density at radius 3 is 2.64 bits per heavy atom. The van der Waals surface area contributed by atoms with E-state index in [1.54, 1.807) is 12.3 Å². The molecule has 3 aromatic heterocycles. The molecule has 0 radical (unpaired) electrons. The third-order valence-electron chi connectivity index (χ3n) is 4.57. The van der Waals surface area contributed by atoms with Gasteiger partial charge in [0.1, 0.15) is 10.2 Å². The second kappa shape index (κ2) is 8.55. The van der Waals surface area contributed by atoms with Crippen LogP contribution in [0.15, 0.2) is 29.8 Å². The molecule has 3 aromatic rings. The van der Waals surface area contributed by atoms with E-state index in [0.29, 0.717) is 18.8 Å². The van der Waals surface area contributed by atoms with Crippen LogP contribution in [0.25, 0.3) is 11.3 Å². The van der Waals surface area contributed by atoms with Gasteiger partial charge in [-0.15, -0.1) is 22.7 Å². The number of carbonyl (C=O) groups is 1. The number of rotatable bonds is 4. The molecular formula is C18H15Cl3N4OS2. The molecule has 5 nitrogen and oxygen atoms in total. The molecule has 1 aliphatic rings. The summed E-state index contributed by atoms with van der Waals surface area (Å²) >= 11 is 20.8. The summed E-state index contributed by atoms with van der Waals surface area (Å²) in [5, 5.41) is 5.99. The third kappa shape index (κ3) is 4.44. The van der Waals surface area contributed by atoms with E-state index in [2.05, 4.69) is 20.2 Å². The van der Waals surface area contributed by atoms with Gasteiger partial charge in [-0.1, -0.05) is 34.8 Å². The standard InChI is InChI=1S/C18H15Cl3N4OS2/c19-11-1-2-15(22-8-11)25-5-3-10(4-6-25)17(26)24-18-23-13(9-27-18)12-7-14(20)28-16(12)21/h1-2,7-10H,3-6H2,(H,23,24,26). The Morgan fingerprint density at radius 1 is 1.21 bits per heavy atom. The Balaban J connectivity index is 1.35. The molecule has 0 aliphatic carbocycles. The number of hydrogen-bond acceptors (Lipinski definition) is 6. The van der Waals surface area contributed by atoms with Crippen LogP contribution >= 0.6 is 57.5 Å². The summed E-state index contributed by atoms with van der Waals surface area (Å²) in [6.07, 6.45) is 3.17. The normalized spacial score (nSPS) is 15.0. The summed E-state index contributed by atoms with van der Waals surface area (Å²) in [6.45, 7) is 1.55. The van der Waals surface area contributed by atoms with Gasteiger partial charge >= 0.3 is 0 Å². The van der Waals surface area contributed by atoms with Crippen LogP contribution in [0.3, 0.4) is 0 Å². The van der Waals surface area contributed by atoms with Gasteiger partial charge in [-0.3, -0.25) is 4.79 Å². The molecule has 1 aliphatic heterocycles. The van der Waals surface area contributed by atoms with E-state index in [1.165, 1.54) is 22.7 Å². The van der Waals surface area contributed by atoms with Crippen LogP contribution in [0.5, 0.6) is 0 Å². The highest BCUT2D eigenvalue weighted by Crippen LogP contribution is 2.39.